The summed E-state index contributed by atoms with van der Waals surface area (Å²) in [7, 11) is 0. The number of nitrogens with two attached hydrogens (primary N) is 1. The summed E-state index contributed by atoms with van der Waals surface area (Å²) in [5, 5.41) is 4.22. The van der Waals surface area contributed by atoms with Crippen LogP contribution in [0.1, 0.15) is 45.1 Å². The topological polar surface area (TPSA) is 56.7 Å². The molecule has 1 aliphatic carbocycles. The molecule has 0 radical (unpaired) electrons. The van der Waals surface area contributed by atoms with Crippen LogP contribution in [0.25, 0.3) is 0 Å². The molecular formula is C10H18N4. The largest absolute Gasteiger partial charge is 0.367 e. The fourth-order valence-corrected chi connectivity index (χ4v) is 2.46. The van der Waals surface area contributed by atoms with E-state index in [4.69, 9.17) is 5.73 Å². The second-order valence-corrected chi connectivity index (χ2v) is 4.10. The molecule has 78 valence electrons. The van der Waals surface area contributed by atoms with Crippen molar-refractivity contribution in [1.82, 2.24) is 14.8 Å². The Morgan fingerprint density at radius 2 is 2.29 bits per heavy atom. The molecule has 4 heteroatoms. The molecule has 1 saturated carbocycles. The van der Waals surface area contributed by atoms with E-state index in [1.54, 1.807) is 6.33 Å². The lowest BCUT2D eigenvalue weighted by molar-refractivity contribution is 0.217. The number of nitrogen functional groups attached to an aromatic ring is 1. The van der Waals surface area contributed by atoms with Gasteiger partial charge in [0.15, 0.2) is 0 Å². The van der Waals surface area contributed by atoms with Crippen LogP contribution in [0.15, 0.2) is 6.33 Å². The van der Waals surface area contributed by atoms with Crippen LogP contribution in [0.2, 0.25) is 0 Å². The lowest BCUT2D eigenvalue weighted by Crippen LogP contribution is -2.23. The van der Waals surface area contributed by atoms with Crippen LogP contribution >= 0.6 is 0 Å². The summed E-state index contributed by atoms with van der Waals surface area (Å²) in [5.74, 6) is 1.15. The minimum atomic E-state index is 0.394. The predicted octanol–water partition coefficient (Wildman–Crippen LogP) is 2.00. The summed E-state index contributed by atoms with van der Waals surface area (Å²) < 4.78 is 1.96. The maximum atomic E-state index is 5.53. The Morgan fingerprint density at radius 1 is 1.50 bits per heavy atom. The van der Waals surface area contributed by atoms with Crippen LogP contribution in [0.4, 0.5) is 5.95 Å². The number of aromatic nitrogens is 3. The molecule has 1 heterocycles. The van der Waals surface area contributed by atoms with Crippen molar-refractivity contribution in [2.45, 2.75) is 45.1 Å². The van der Waals surface area contributed by atoms with E-state index in [1.165, 1.54) is 32.1 Å². The first kappa shape index (κ1) is 9.49. The van der Waals surface area contributed by atoms with Crippen molar-refractivity contribution in [3.05, 3.63) is 6.33 Å². The molecular weight excluding hydrogens is 176 g/mol. The van der Waals surface area contributed by atoms with Crippen LogP contribution in [-0.2, 0) is 0 Å². The van der Waals surface area contributed by atoms with Gasteiger partial charge in [0.1, 0.15) is 6.33 Å². The average Bonchev–Trinajstić information content (AvgIpc) is 2.65. The quantitative estimate of drug-likeness (QED) is 0.783. The molecule has 14 heavy (non-hydrogen) atoms. The van der Waals surface area contributed by atoms with E-state index in [2.05, 4.69) is 17.0 Å². The summed E-state index contributed by atoms with van der Waals surface area (Å²) in [6.07, 6.45) is 8.21. The zero-order chi connectivity index (χ0) is 9.97. The van der Waals surface area contributed by atoms with Gasteiger partial charge in [0.25, 0.3) is 0 Å². The molecule has 1 aromatic rings. The monoisotopic (exact) mass is 194 g/mol. The minimum Gasteiger partial charge on any atom is -0.367 e. The van der Waals surface area contributed by atoms with Crippen molar-refractivity contribution >= 4 is 5.95 Å². The van der Waals surface area contributed by atoms with Gasteiger partial charge in [-0.2, -0.15) is 0 Å². The van der Waals surface area contributed by atoms with Gasteiger partial charge in [-0.25, -0.2) is 9.67 Å². The molecule has 0 bridgehead atoms. The molecule has 0 saturated heterocycles. The zero-order valence-corrected chi connectivity index (χ0v) is 8.69. The van der Waals surface area contributed by atoms with E-state index in [0.29, 0.717) is 12.0 Å². The van der Waals surface area contributed by atoms with E-state index < -0.39 is 0 Å². The van der Waals surface area contributed by atoms with Crippen molar-refractivity contribution < 1.29 is 0 Å². The van der Waals surface area contributed by atoms with Gasteiger partial charge in [-0.05, 0) is 18.8 Å². The highest BCUT2D eigenvalue weighted by molar-refractivity contribution is 5.09. The molecule has 0 amide bonds. The van der Waals surface area contributed by atoms with Gasteiger partial charge in [-0.15, -0.1) is 5.10 Å². The molecule has 1 aliphatic rings. The van der Waals surface area contributed by atoms with E-state index in [0.717, 1.165) is 5.92 Å². The van der Waals surface area contributed by atoms with Crippen LogP contribution in [-0.4, -0.2) is 14.8 Å². The first-order valence-electron chi connectivity index (χ1n) is 5.48. The molecule has 1 aromatic heterocycles. The molecule has 2 N–H and O–H groups in total. The van der Waals surface area contributed by atoms with Crippen molar-refractivity contribution in [2.75, 3.05) is 5.73 Å². The average molecular weight is 194 g/mol. The highest BCUT2D eigenvalue weighted by Crippen LogP contribution is 2.35. The maximum Gasteiger partial charge on any atom is 0.239 e. The van der Waals surface area contributed by atoms with Crippen molar-refractivity contribution in [1.29, 1.82) is 0 Å². The molecule has 0 spiro atoms. The fourth-order valence-electron chi connectivity index (χ4n) is 2.46. The summed E-state index contributed by atoms with van der Waals surface area (Å²) in [4.78, 5) is 3.99. The second-order valence-electron chi connectivity index (χ2n) is 4.10. The number of hydrogen-bond donors (Lipinski definition) is 1. The fraction of sp³-hybridized carbons (Fsp3) is 0.800. The van der Waals surface area contributed by atoms with Gasteiger partial charge >= 0.3 is 0 Å². The highest BCUT2D eigenvalue weighted by atomic mass is 15.4. The van der Waals surface area contributed by atoms with E-state index in [-0.39, 0.29) is 0 Å². The summed E-state index contributed by atoms with van der Waals surface area (Å²) in [6, 6.07) is 0.526. The van der Waals surface area contributed by atoms with Crippen molar-refractivity contribution in [3.8, 4) is 0 Å². The van der Waals surface area contributed by atoms with Crippen LogP contribution in [0.5, 0.6) is 0 Å². The smallest absolute Gasteiger partial charge is 0.239 e. The number of hydrogen-bond acceptors (Lipinski definition) is 3. The second kappa shape index (κ2) is 3.98. The minimum absolute atomic E-state index is 0.394. The van der Waals surface area contributed by atoms with Crippen molar-refractivity contribution in [3.63, 3.8) is 0 Å². The molecule has 0 aromatic carbocycles. The molecule has 0 aliphatic heterocycles. The SMILES string of the molecule is CCC1CCCCC1n1cnc(N)n1. The van der Waals surface area contributed by atoms with E-state index in [9.17, 15) is 0 Å². The van der Waals surface area contributed by atoms with Crippen molar-refractivity contribution in [2.24, 2.45) is 5.92 Å². The normalized spacial score (nSPS) is 27.8. The van der Waals surface area contributed by atoms with E-state index in [1.807, 2.05) is 4.68 Å². The molecule has 4 nitrogen and oxygen atoms in total. The van der Waals surface area contributed by atoms with Crippen LogP contribution in [0.3, 0.4) is 0 Å². The van der Waals surface area contributed by atoms with Gasteiger partial charge in [-0.1, -0.05) is 26.2 Å². The van der Waals surface area contributed by atoms with Gasteiger partial charge < -0.3 is 5.73 Å². The summed E-state index contributed by atoms with van der Waals surface area (Å²) in [6.45, 7) is 2.25. The first-order chi connectivity index (χ1) is 6.81. The molecule has 1 fully saturated rings. The zero-order valence-electron chi connectivity index (χ0n) is 8.69. The standard InChI is InChI=1S/C10H18N4/c1-2-8-5-3-4-6-9(8)14-7-12-10(11)13-14/h7-9H,2-6H2,1H3,(H2,11,13). The Labute approximate surface area is 84.5 Å². The van der Waals surface area contributed by atoms with Gasteiger partial charge in [0, 0.05) is 0 Å². The van der Waals surface area contributed by atoms with Crippen LogP contribution < -0.4 is 5.73 Å². The maximum absolute atomic E-state index is 5.53. The lowest BCUT2D eigenvalue weighted by atomic mass is 9.83. The van der Waals surface area contributed by atoms with Gasteiger partial charge in [-0.3, -0.25) is 0 Å². The summed E-state index contributed by atoms with van der Waals surface area (Å²) >= 11 is 0. The Hall–Kier alpha value is -1.06. The van der Waals surface area contributed by atoms with Gasteiger partial charge in [0.05, 0.1) is 6.04 Å². The molecule has 2 rings (SSSR count). The number of anilines is 1. The number of rotatable bonds is 2. The first-order valence-corrected chi connectivity index (χ1v) is 5.48. The molecule has 2 unspecified atom stereocenters. The predicted molar refractivity (Wildman–Crippen MR) is 55.7 cm³/mol. The van der Waals surface area contributed by atoms with Crippen LogP contribution in [0, 0.1) is 5.92 Å². The Kier molecular flexibility index (Phi) is 2.70. The Morgan fingerprint density at radius 3 is 2.93 bits per heavy atom. The van der Waals surface area contributed by atoms with Gasteiger partial charge in [0.2, 0.25) is 5.95 Å². The van der Waals surface area contributed by atoms with E-state index >= 15 is 0 Å². The third-order valence-corrected chi connectivity index (χ3v) is 3.26. The number of nitrogens with zero attached hydrogens (tertiary/aromatic N) is 3. The Balaban J connectivity index is 2.14. The third-order valence-electron chi connectivity index (χ3n) is 3.26. The summed E-state index contributed by atoms with van der Waals surface area (Å²) in [5.41, 5.74) is 5.53. The molecule has 2 atom stereocenters. The lowest BCUT2D eigenvalue weighted by Gasteiger charge is -2.30. The Bertz CT molecular complexity index is 294. The third kappa shape index (κ3) is 1.74. The highest BCUT2D eigenvalue weighted by Gasteiger charge is 2.25.